The number of aliphatic carboxylic acids is 1. The van der Waals surface area contributed by atoms with Crippen LogP contribution in [-0.4, -0.2) is 28.2 Å². The van der Waals surface area contributed by atoms with E-state index in [1.165, 1.54) is 6.92 Å². The number of hydrogen-bond acceptors (Lipinski definition) is 3. The molecule has 0 bridgehead atoms. The zero-order chi connectivity index (χ0) is 15.6. The Morgan fingerprint density at radius 3 is 2.40 bits per heavy atom. The molecule has 0 aliphatic heterocycles. The second-order valence-electron chi connectivity index (χ2n) is 5.40. The molecule has 116 valence electrons. The first-order valence-corrected chi connectivity index (χ1v) is 7.21. The Kier molecular flexibility index (Phi) is 8.88. The maximum atomic E-state index is 11.7. The molecule has 0 saturated heterocycles. The molecule has 0 aromatic carbocycles. The number of primary amides is 1. The first-order valence-electron chi connectivity index (χ1n) is 7.21. The van der Waals surface area contributed by atoms with Gasteiger partial charge in [0, 0.05) is 0 Å². The number of hydrogen-bond donors (Lipinski definition) is 3. The summed E-state index contributed by atoms with van der Waals surface area (Å²) in [4.78, 5) is 22.6. The van der Waals surface area contributed by atoms with Gasteiger partial charge in [-0.3, -0.25) is 9.59 Å². The number of carboxylic acids is 1. The Balaban J connectivity index is 4.76. The average molecular weight is 285 g/mol. The van der Waals surface area contributed by atoms with Gasteiger partial charge in [-0.15, -0.1) is 0 Å². The molecule has 0 aliphatic rings. The molecule has 0 fully saturated rings. The number of rotatable bonds is 11. The van der Waals surface area contributed by atoms with E-state index in [0.29, 0.717) is 0 Å². The molecule has 0 saturated carbocycles. The van der Waals surface area contributed by atoms with Gasteiger partial charge >= 0.3 is 5.97 Å². The quantitative estimate of drug-likeness (QED) is 0.400. The lowest BCUT2D eigenvalue weighted by molar-refractivity contribution is -0.143. The van der Waals surface area contributed by atoms with E-state index >= 15 is 0 Å². The van der Waals surface area contributed by atoms with Crippen LogP contribution in [0.3, 0.4) is 0 Å². The van der Waals surface area contributed by atoms with Crippen molar-refractivity contribution < 1.29 is 19.8 Å². The summed E-state index contributed by atoms with van der Waals surface area (Å²) in [7, 11) is 0. The zero-order valence-corrected chi connectivity index (χ0v) is 12.5. The molecule has 0 spiro atoms. The second-order valence-corrected chi connectivity index (χ2v) is 5.40. The van der Waals surface area contributed by atoms with Crippen LogP contribution in [0.1, 0.15) is 58.8 Å². The largest absolute Gasteiger partial charge is 0.481 e. The van der Waals surface area contributed by atoms with Crippen molar-refractivity contribution in [2.24, 2.45) is 11.1 Å². The lowest BCUT2D eigenvalue weighted by Gasteiger charge is -2.27. The number of allylic oxidation sites excluding steroid dienone is 1. The van der Waals surface area contributed by atoms with Crippen molar-refractivity contribution in [3.63, 3.8) is 0 Å². The van der Waals surface area contributed by atoms with Crippen LogP contribution in [0, 0.1) is 5.41 Å². The fraction of sp³-hybridized carbons (Fsp3) is 0.733. The normalized spacial score (nSPS) is 15.9. The van der Waals surface area contributed by atoms with Crippen LogP contribution < -0.4 is 5.73 Å². The first kappa shape index (κ1) is 18.6. The van der Waals surface area contributed by atoms with Crippen molar-refractivity contribution in [3.05, 3.63) is 12.2 Å². The lowest BCUT2D eigenvalue weighted by atomic mass is 9.78. The molecule has 2 unspecified atom stereocenters. The van der Waals surface area contributed by atoms with Gasteiger partial charge in [-0.05, 0) is 26.2 Å². The summed E-state index contributed by atoms with van der Waals surface area (Å²) in [5.41, 5.74) is 4.07. The van der Waals surface area contributed by atoms with E-state index in [1.807, 2.05) is 6.08 Å². The molecule has 20 heavy (non-hydrogen) atoms. The Hall–Kier alpha value is -1.36. The third kappa shape index (κ3) is 7.28. The second kappa shape index (κ2) is 9.53. The monoisotopic (exact) mass is 285 g/mol. The molecule has 4 N–H and O–H groups in total. The van der Waals surface area contributed by atoms with E-state index in [4.69, 9.17) is 10.8 Å². The van der Waals surface area contributed by atoms with Crippen LogP contribution in [-0.2, 0) is 9.59 Å². The van der Waals surface area contributed by atoms with Crippen LogP contribution in [0.15, 0.2) is 12.2 Å². The van der Waals surface area contributed by atoms with Crippen molar-refractivity contribution in [3.8, 4) is 0 Å². The highest BCUT2D eigenvalue weighted by atomic mass is 16.4. The van der Waals surface area contributed by atoms with Crippen molar-refractivity contribution >= 4 is 11.9 Å². The number of aliphatic hydroxyl groups is 1. The van der Waals surface area contributed by atoms with Crippen LogP contribution in [0.2, 0.25) is 0 Å². The smallest absolute Gasteiger partial charge is 0.304 e. The standard InChI is InChI=1S/C15H27NO4/c1-3-4-5-6-7-8-9-15(14(16)20,10-12(2)17)11-13(18)19/h8-9,12,17H,3-7,10-11H2,1-2H3,(H2,16,20)(H,18,19). The fourth-order valence-corrected chi connectivity index (χ4v) is 2.26. The Morgan fingerprint density at radius 1 is 1.30 bits per heavy atom. The van der Waals surface area contributed by atoms with Crippen molar-refractivity contribution in [2.45, 2.75) is 64.9 Å². The van der Waals surface area contributed by atoms with E-state index in [0.717, 1.165) is 32.1 Å². The Bertz CT molecular complexity index is 339. The molecule has 2 atom stereocenters. The summed E-state index contributed by atoms with van der Waals surface area (Å²) in [5.74, 6) is -1.80. The number of carbonyl (C=O) groups is 2. The summed E-state index contributed by atoms with van der Waals surface area (Å²) in [5, 5.41) is 18.4. The molecule has 5 nitrogen and oxygen atoms in total. The van der Waals surface area contributed by atoms with E-state index in [1.54, 1.807) is 6.08 Å². The zero-order valence-electron chi connectivity index (χ0n) is 12.5. The van der Waals surface area contributed by atoms with Crippen LogP contribution >= 0.6 is 0 Å². The van der Waals surface area contributed by atoms with E-state index in [9.17, 15) is 14.7 Å². The van der Waals surface area contributed by atoms with Gasteiger partial charge in [0.05, 0.1) is 17.9 Å². The fourth-order valence-electron chi connectivity index (χ4n) is 2.26. The van der Waals surface area contributed by atoms with Gasteiger partial charge in [0.15, 0.2) is 0 Å². The summed E-state index contributed by atoms with van der Waals surface area (Å²) >= 11 is 0. The minimum absolute atomic E-state index is 0.0279. The molecule has 0 heterocycles. The number of nitrogens with two attached hydrogens (primary N) is 1. The van der Waals surface area contributed by atoms with Gasteiger partial charge in [0.2, 0.25) is 5.91 Å². The average Bonchev–Trinajstić information content (AvgIpc) is 2.31. The van der Waals surface area contributed by atoms with E-state index in [-0.39, 0.29) is 6.42 Å². The molecule has 0 rings (SSSR count). The molecular weight excluding hydrogens is 258 g/mol. The highest BCUT2D eigenvalue weighted by Crippen LogP contribution is 2.30. The van der Waals surface area contributed by atoms with Gasteiger partial charge in [-0.2, -0.15) is 0 Å². The number of carbonyl (C=O) groups excluding carboxylic acids is 1. The Labute approximate surface area is 120 Å². The number of unbranched alkanes of at least 4 members (excludes halogenated alkanes) is 4. The van der Waals surface area contributed by atoms with Crippen molar-refractivity contribution in [1.29, 1.82) is 0 Å². The molecule has 0 radical (unpaired) electrons. The summed E-state index contributed by atoms with van der Waals surface area (Å²) in [6.07, 6.45) is 7.45. The van der Waals surface area contributed by atoms with Gasteiger partial charge in [-0.25, -0.2) is 0 Å². The SMILES string of the molecule is CCCCCCC=CC(CC(=O)O)(CC(C)O)C(N)=O. The van der Waals surface area contributed by atoms with Crippen molar-refractivity contribution in [1.82, 2.24) is 0 Å². The topological polar surface area (TPSA) is 101 Å². The first-order chi connectivity index (χ1) is 9.34. The van der Waals surface area contributed by atoms with Gasteiger partial charge in [0.25, 0.3) is 0 Å². The lowest BCUT2D eigenvalue weighted by Crippen LogP contribution is -2.39. The number of aliphatic hydroxyl groups excluding tert-OH is 1. The minimum atomic E-state index is -1.30. The molecule has 0 aromatic heterocycles. The summed E-state index contributed by atoms with van der Waals surface area (Å²) < 4.78 is 0. The minimum Gasteiger partial charge on any atom is -0.481 e. The summed E-state index contributed by atoms with van der Waals surface area (Å²) in [6, 6.07) is 0. The highest BCUT2D eigenvalue weighted by Gasteiger charge is 2.37. The van der Waals surface area contributed by atoms with Crippen LogP contribution in [0.25, 0.3) is 0 Å². The maximum absolute atomic E-state index is 11.7. The molecular formula is C15H27NO4. The van der Waals surface area contributed by atoms with Crippen LogP contribution in [0.5, 0.6) is 0 Å². The Morgan fingerprint density at radius 2 is 1.95 bits per heavy atom. The van der Waals surface area contributed by atoms with Crippen molar-refractivity contribution in [2.75, 3.05) is 0 Å². The van der Waals surface area contributed by atoms with Crippen LogP contribution in [0.4, 0.5) is 0 Å². The molecule has 0 aromatic rings. The number of amides is 1. The predicted molar refractivity (Wildman–Crippen MR) is 78.1 cm³/mol. The predicted octanol–water partition coefficient (Wildman–Crippen LogP) is 2.23. The van der Waals surface area contributed by atoms with E-state index < -0.39 is 29.8 Å². The van der Waals surface area contributed by atoms with E-state index in [2.05, 4.69) is 6.92 Å². The van der Waals surface area contributed by atoms with Gasteiger partial charge < -0.3 is 15.9 Å². The molecule has 5 heteroatoms. The van der Waals surface area contributed by atoms with Gasteiger partial charge in [-0.1, -0.05) is 38.3 Å². The summed E-state index contributed by atoms with van der Waals surface area (Å²) in [6.45, 7) is 3.65. The third-order valence-corrected chi connectivity index (χ3v) is 3.28. The number of carboxylic acid groups (broad SMARTS) is 1. The van der Waals surface area contributed by atoms with Gasteiger partial charge in [0.1, 0.15) is 0 Å². The molecule has 1 amide bonds. The third-order valence-electron chi connectivity index (χ3n) is 3.28. The molecule has 0 aliphatic carbocycles. The highest BCUT2D eigenvalue weighted by molar-refractivity contribution is 5.87. The maximum Gasteiger partial charge on any atom is 0.304 e.